The molecule has 0 aromatic heterocycles. The molecule has 0 spiro atoms. The van der Waals surface area contributed by atoms with Crippen molar-refractivity contribution in [3.63, 3.8) is 0 Å². The van der Waals surface area contributed by atoms with Crippen LogP contribution in [0.3, 0.4) is 0 Å². The van der Waals surface area contributed by atoms with Gasteiger partial charge in [-0.05, 0) is 0 Å². The molecule has 0 aliphatic rings. The van der Waals surface area contributed by atoms with Crippen LogP contribution in [-0.2, 0) is 4.79 Å². The van der Waals surface area contributed by atoms with Gasteiger partial charge in [0.05, 0.1) is 0 Å². The summed E-state index contributed by atoms with van der Waals surface area (Å²) in [6.07, 6.45) is 0.174. The van der Waals surface area contributed by atoms with Crippen molar-refractivity contribution >= 4 is 11.9 Å². The van der Waals surface area contributed by atoms with E-state index in [1.54, 1.807) is 0 Å². The number of hydrogen-bond donors (Lipinski definition) is 3. The minimum atomic E-state index is -0.420. The first kappa shape index (κ1) is 8.74. The molecule has 10 heavy (non-hydrogen) atoms. The van der Waals surface area contributed by atoms with Crippen LogP contribution in [0.5, 0.6) is 0 Å². The summed E-state index contributed by atoms with van der Waals surface area (Å²) >= 11 is 0. The number of nitrogens with one attached hydrogen (secondary N) is 2. The fourth-order valence-electron chi connectivity index (χ4n) is 0.388. The smallest absolute Gasteiger partial charge is 0.314 e. The van der Waals surface area contributed by atoms with Gasteiger partial charge in [0.1, 0.15) is 0 Å². The number of nitrogens with two attached hydrogens (primary N) is 1. The van der Waals surface area contributed by atoms with E-state index in [-0.39, 0.29) is 19.0 Å². The average Bonchev–Trinajstić information content (AvgIpc) is 1.87. The number of primary amides is 1. The first-order valence-electron chi connectivity index (χ1n) is 2.90. The molecule has 0 saturated carbocycles. The van der Waals surface area contributed by atoms with E-state index in [2.05, 4.69) is 10.6 Å². The van der Waals surface area contributed by atoms with Crippen LogP contribution in [0.25, 0.3) is 0 Å². The zero-order valence-electron chi connectivity index (χ0n) is 5.81. The number of carbonyl (C=O) groups is 2. The summed E-state index contributed by atoms with van der Waals surface area (Å²) in [7, 11) is 1.50. The highest BCUT2D eigenvalue weighted by atomic mass is 16.2. The minimum absolute atomic E-state index is 0.174. The highest BCUT2D eigenvalue weighted by Crippen LogP contribution is 1.71. The van der Waals surface area contributed by atoms with Gasteiger partial charge in [-0.2, -0.15) is 0 Å². The van der Waals surface area contributed by atoms with E-state index in [9.17, 15) is 9.59 Å². The number of rotatable bonds is 3. The number of urea groups is 1. The molecule has 0 saturated heterocycles. The predicted octanol–water partition coefficient (Wildman–Crippen LogP) is -1.21. The maximum atomic E-state index is 10.4. The lowest BCUT2D eigenvalue weighted by molar-refractivity contribution is -0.117. The highest BCUT2D eigenvalue weighted by Gasteiger charge is 1.96. The zero-order chi connectivity index (χ0) is 7.98. The molecule has 0 fully saturated rings. The molecule has 58 valence electrons. The van der Waals surface area contributed by atoms with Crippen molar-refractivity contribution in [2.24, 2.45) is 5.73 Å². The molecule has 0 radical (unpaired) electrons. The van der Waals surface area contributed by atoms with E-state index in [1.807, 2.05) is 0 Å². The second-order valence-electron chi connectivity index (χ2n) is 1.72. The van der Waals surface area contributed by atoms with Crippen molar-refractivity contribution < 1.29 is 9.59 Å². The summed E-state index contributed by atoms with van der Waals surface area (Å²) in [5.41, 5.74) is 4.81. The Kier molecular flexibility index (Phi) is 4.02. The van der Waals surface area contributed by atoms with E-state index in [0.717, 1.165) is 0 Å². The third kappa shape index (κ3) is 4.89. The average molecular weight is 145 g/mol. The van der Waals surface area contributed by atoms with Crippen molar-refractivity contribution in [1.29, 1.82) is 0 Å². The Morgan fingerprint density at radius 3 is 2.50 bits per heavy atom. The van der Waals surface area contributed by atoms with Gasteiger partial charge in [-0.25, -0.2) is 4.79 Å². The molecule has 0 rings (SSSR count). The quantitative estimate of drug-likeness (QED) is 0.465. The summed E-state index contributed by atoms with van der Waals surface area (Å²) in [6, 6.07) is -0.304. The molecule has 5 heteroatoms. The lowest BCUT2D eigenvalue weighted by atomic mass is 10.4. The Balaban J connectivity index is 3.20. The summed E-state index contributed by atoms with van der Waals surface area (Å²) in [4.78, 5) is 20.5. The monoisotopic (exact) mass is 145 g/mol. The number of hydrogen-bond acceptors (Lipinski definition) is 2. The molecular weight excluding hydrogens is 134 g/mol. The molecule has 0 aliphatic heterocycles. The Morgan fingerprint density at radius 1 is 1.50 bits per heavy atom. The van der Waals surface area contributed by atoms with Crippen LogP contribution in [0, 0.1) is 0 Å². The lowest BCUT2D eigenvalue weighted by Crippen LogP contribution is -2.34. The Bertz CT molecular complexity index is 135. The SMILES string of the molecule is CNC(=O)NCCC(N)=O. The van der Waals surface area contributed by atoms with Gasteiger partial charge in [-0.3, -0.25) is 4.79 Å². The summed E-state index contributed by atoms with van der Waals surface area (Å²) in [5, 5.41) is 4.75. The van der Waals surface area contributed by atoms with E-state index in [4.69, 9.17) is 5.73 Å². The molecular formula is C5H11N3O2. The fourth-order valence-corrected chi connectivity index (χ4v) is 0.388. The maximum absolute atomic E-state index is 10.4. The van der Waals surface area contributed by atoms with E-state index < -0.39 is 5.91 Å². The lowest BCUT2D eigenvalue weighted by Gasteiger charge is -2.00. The Labute approximate surface area is 59.0 Å². The third-order valence-corrected chi connectivity index (χ3v) is 0.884. The van der Waals surface area contributed by atoms with Crippen LogP contribution in [-0.4, -0.2) is 25.5 Å². The van der Waals surface area contributed by atoms with Crippen molar-refractivity contribution in [1.82, 2.24) is 10.6 Å². The molecule has 0 aromatic carbocycles. The standard InChI is InChI=1S/C5H11N3O2/c1-7-5(10)8-3-2-4(6)9/h2-3H2,1H3,(H2,6,9)(H2,7,8,10). The van der Waals surface area contributed by atoms with E-state index in [0.29, 0.717) is 0 Å². The second-order valence-corrected chi connectivity index (χ2v) is 1.72. The molecule has 3 amide bonds. The van der Waals surface area contributed by atoms with Crippen molar-refractivity contribution in [3.05, 3.63) is 0 Å². The summed E-state index contributed by atoms with van der Waals surface area (Å²) in [6.45, 7) is 0.287. The minimum Gasteiger partial charge on any atom is -0.370 e. The second kappa shape index (κ2) is 4.60. The number of amides is 3. The van der Waals surface area contributed by atoms with Gasteiger partial charge in [0.2, 0.25) is 5.91 Å². The van der Waals surface area contributed by atoms with Crippen LogP contribution >= 0.6 is 0 Å². The first-order chi connectivity index (χ1) is 4.66. The fraction of sp³-hybridized carbons (Fsp3) is 0.600. The molecule has 5 nitrogen and oxygen atoms in total. The van der Waals surface area contributed by atoms with Crippen LogP contribution < -0.4 is 16.4 Å². The van der Waals surface area contributed by atoms with Gasteiger partial charge < -0.3 is 16.4 Å². The topological polar surface area (TPSA) is 84.2 Å². The molecule has 4 N–H and O–H groups in total. The maximum Gasteiger partial charge on any atom is 0.314 e. The van der Waals surface area contributed by atoms with Crippen LogP contribution in [0.4, 0.5) is 4.79 Å². The molecule has 0 heterocycles. The van der Waals surface area contributed by atoms with Crippen molar-refractivity contribution in [3.8, 4) is 0 Å². The van der Waals surface area contributed by atoms with E-state index in [1.165, 1.54) is 7.05 Å². The predicted molar refractivity (Wildman–Crippen MR) is 36.3 cm³/mol. The summed E-state index contributed by atoms with van der Waals surface area (Å²) < 4.78 is 0. The van der Waals surface area contributed by atoms with E-state index >= 15 is 0 Å². The van der Waals surface area contributed by atoms with Crippen molar-refractivity contribution in [2.75, 3.05) is 13.6 Å². The molecule has 0 aliphatic carbocycles. The van der Waals surface area contributed by atoms with Gasteiger partial charge >= 0.3 is 6.03 Å². The Hall–Kier alpha value is -1.26. The highest BCUT2D eigenvalue weighted by molar-refractivity contribution is 5.76. The first-order valence-corrected chi connectivity index (χ1v) is 2.90. The Morgan fingerprint density at radius 2 is 2.10 bits per heavy atom. The van der Waals surface area contributed by atoms with Gasteiger partial charge in [-0.15, -0.1) is 0 Å². The normalized spacial score (nSPS) is 8.50. The van der Waals surface area contributed by atoms with Crippen molar-refractivity contribution in [2.45, 2.75) is 6.42 Å². The zero-order valence-corrected chi connectivity index (χ0v) is 5.81. The molecule has 0 unspecified atom stereocenters. The molecule has 0 atom stereocenters. The van der Waals surface area contributed by atoms with Crippen LogP contribution in [0.2, 0.25) is 0 Å². The van der Waals surface area contributed by atoms with Gasteiger partial charge in [-0.1, -0.05) is 0 Å². The summed E-state index contributed by atoms with van der Waals surface area (Å²) in [5.74, 6) is -0.420. The molecule has 0 aromatic rings. The van der Waals surface area contributed by atoms with Gasteiger partial charge in [0.15, 0.2) is 0 Å². The van der Waals surface area contributed by atoms with Gasteiger partial charge in [0, 0.05) is 20.0 Å². The molecule has 0 bridgehead atoms. The third-order valence-electron chi connectivity index (χ3n) is 0.884. The number of carbonyl (C=O) groups excluding carboxylic acids is 2. The van der Waals surface area contributed by atoms with Crippen LogP contribution in [0.1, 0.15) is 6.42 Å². The van der Waals surface area contributed by atoms with Crippen LogP contribution in [0.15, 0.2) is 0 Å². The largest absolute Gasteiger partial charge is 0.370 e. The van der Waals surface area contributed by atoms with Gasteiger partial charge in [0.25, 0.3) is 0 Å².